The second kappa shape index (κ2) is 10.8. The zero-order valence-corrected chi connectivity index (χ0v) is 21.2. The van der Waals surface area contributed by atoms with Gasteiger partial charge in [0.15, 0.2) is 0 Å². The van der Waals surface area contributed by atoms with Crippen molar-refractivity contribution < 1.29 is 13.9 Å². The van der Waals surface area contributed by atoms with Gasteiger partial charge in [-0.05, 0) is 99.0 Å². The van der Waals surface area contributed by atoms with Gasteiger partial charge in [0.05, 0.1) is 14.2 Å². The van der Waals surface area contributed by atoms with E-state index in [4.69, 9.17) is 14.5 Å². The van der Waals surface area contributed by atoms with Crippen molar-refractivity contribution in [2.75, 3.05) is 34.4 Å². The molecule has 1 aromatic heterocycles. The molecule has 0 fully saturated rings. The largest absolute Gasteiger partial charge is 0.494 e. The SMILES string of the molecule is COc1ccc(OC)c2[nH]c(CCCN(C)CCC3CCc4cc(F)ccc4[C@@H]3C(C)C)nc12. The van der Waals surface area contributed by atoms with Crippen LogP contribution in [-0.2, 0) is 12.8 Å². The van der Waals surface area contributed by atoms with Crippen molar-refractivity contribution in [1.29, 1.82) is 0 Å². The van der Waals surface area contributed by atoms with Gasteiger partial charge in [-0.15, -0.1) is 0 Å². The van der Waals surface area contributed by atoms with Gasteiger partial charge in [-0.2, -0.15) is 0 Å². The number of aromatic nitrogens is 2. The quantitative estimate of drug-likeness (QED) is 0.399. The fraction of sp³-hybridized carbons (Fsp3) is 0.536. The minimum atomic E-state index is -0.110. The van der Waals surface area contributed by atoms with E-state index in [-0.39, 0.29) is 5.82 Å². The molecule has 0 saturated carbocycles. The summed E-state index contributed by atoms with van der Waals surface area (Å²) in [6.45, 7) is 6.70. The average Bonchev–Trinajstić information content (AvgIpc) is 3.25. The second-order valence-electron chi connectivity index (χ2n) is 9.98. The Bertz CT molecular complexity index is 1070. The van der Waals surface area contributed by atoms with Crippen molar-refractivity contribution in [2.45, 2.75) is 51.9 Å². The predicted octanol–water partition coefficient (Wildman–Crippen LogP) is 5.98. The maximum Gasteiger partial charge on any atom is 0.146 e. The number of halogens is 1. The van der Waals surface area contributed by atoms with Crippen LogP contribution in [0.15, 0.2) is 30.3 Å². The maximum atomic E-state index is 13.7. The number of H-pyrrole nitrogens is 1. The summed E-state index contributed by atoms with van der Waals surface area (Å²) < 4.78 is 24.7. The minimum Gasteiger partial charge on any atom is -0.494 e. The Balaban J connectivity index is 1.31. The lowest BCUT2D eigenvalue weighted by atomic mass is 9.69. The van der Waals surface area contributed by atoms with Crippen LogP contribution in [0, 0.1) is 17.7 Å². The molecular weight excluding hydrogens is 429 g/mol. The number of methoxy groups -OCH3 is 2. The van der Waals surface area contributed by atoms with Crippen LogP contribution in [0.5, 0.6) is 11.5 Å². The first-order valence-electron chi connectivity index (χ1n) is 12.5. The molecule has 0 spiro atoms. The second-order valence-corrected chi connectivity index (χ2v) is 9.98. The number of imidazole rings is 1. The Morgan fingerprint density at radius 2 is 1.88 bits per heavy atom. The summed E-state index contributed by atoms with van der Waals surface area (Å²) in [5.74, 6) is 4.11. The number of nitrogens with zero attached hydrogens (tertiary/aromatic N) is 2. The number of ether oxygens (including phenoxy) is 2. The van der Waals surface area contributed by atoms with Gasteiger partial charge in [-0.1, -0.05) is 19.9 Å². The predicted molar refractivity (Wildman–Crippen MR) is 135 cm³/mol. The Kier molecular flexibility index (Phi) is 7.77. The van der Waals surface area contributed by atoms with Crippen LogP contribution in [0.1, 0.15) is 56.0 Å². The third-order valence-electron chi connectivity index (χ3n) is 7.37. The minimum absolute atomic E-state index is 0.110. The molecule has 0 saturated heterocycles. The third kappa shape index (κ3) is 5.22. The Labute approximate surface area is 202 Å². The molecule has 2 aromatic carbocycles. The molecule has 5 nitrogen and oxygen atoms in total. The Morgan fingerprint density at radius 1 is 1.12 bits per heavy atom. The van der Waals surface area contributed by atoms with E-state index >= 15 is 0 Å². The average molecular weight is 468 g/mol. The molecule has 1 N–H and O–H groups in total. The topological polar surface area (TPSA) is 50.4 Å². The van der Waals surface area contributed by atoms with Gasteiger partial charge in [0.1, 0.15) is 34.2 Å². The van der Waals surface area contributed by atoms with E-state index in [0.29, 0.717) is 17.8 Å². The standard InChI is InChI=1S/C28H38FN3O2/c1-18(2)26-19(8-9-20-17-21(29)10-11-22(20)26)14-16-32(3)15-6-7-25-30-27-23(33-4)12-13-24(34-5)28(27)31-25/h10-13,17-19,26H,6-9,14-16H2,1-5H3,(H,30,31)/t19?,26-/m1/s1. The van der Waals surface area contributed by atoms with E-state index < -0.39 is 0 Å². The zero-order valence-electron chi connectivity index (χ0n) is 21.2. The first-order valence-corrected chi connectivity index (χ1v) is 12.5. The summed E-state index contributed by atoms with van der Waals surface area (Å²) in [6.07, 6.45) is 5.22. The number of aromatic amines is 1. The number of rotatable bonds is 10. The molecule has 0 amide bonds. The molecular formula is C28H38FN3O2. The van der Waals surface area contributed by atoms with Crippen LogP contribution in [0.2, 0.25) is 0 Å². The van der Waals surface area contributed by atoms with Crippen molar-refractivity contribution in [1.82, 2.24) is 14.9 Å². The number of fused-ring (bicyclic) bond motifs is 2. The number of hydrogen-bond donors (Lipinski definition) is 1. The molecule has 1 heterocycles. The van der Waals surface area contributed by atoms with Crippen LogP contribution in [0.3, 0.4) is 0 Å². The van der Waals surface area contributed by atoms with Crippen molar-refractivity contribution >= 4 is 11.0 Å². The van der Waals surface area contributed by atoms with Crippen molar-refractivity contribution in [3.05, 3.63) is 53.1 Å². The van der Waals surface area contributed by atoms with E-state index in [2.05, 4.69) is 30.8 Å². The van der Waals surface area contributed by atoms with Gasteiger partial charge in [0.2, 0.25) is 0 Å². The summed E-state index contributed by atoms with van der Waals surface area (Å²) in [4.78, 5) is 10.6. The van der Waals surface area contributed by atoms with Crippen LogP contribution < -0.4 is 9.47 Å². The van der Waals surface area contributed by atoms with E-state index in [1.54, 1.807) is 26.4 Å². The lowest BCUT2D eigenvalue weighted by molar-refractivity contribution is 0.238. The van der Waals surface area contributed by atoms with Gasteiger partial charge in [0.25, 0.3) is 0 Å². The van der Waals surface area contributed by atoms with E-state index in [1.807, 2.05) is 18.2 Å². The lowest BCUT2D eigenvalue weighted by Gasteiger charge is -2.37. The highest BCUT2D eigenvalue weighted by molar-refractivity contribution is 5.87. The zero-order chi connectivity index (χ0) is 24.2. The highest BCUT2D eigenvalue weighted by atomic mass is 19.1. The van der Waals surface area contributed by atoms with Gasteiger partial charge in [-0.3, -0.25) is 0 Å². The fourth-order valence-corrected chi connectivity index (χ4v) is 5.68. The highest BCUT2D eigenvalue weighted by Gasteiger charge is 2.31. The first kappa shape index (κ1) is 24.5. The van der Waals surface area contributed by atoms with Gasteiger partial charge < -0.3 is 19.4 Å². The monoisotopic (exact) mass is 467 g/mol. The van der Waals surface area contributed by atoms with Crippen LogP contribution in [-0.4, -0.2) is 49.2 Å². The van der Waals surface area contributed by atoms with Gasteiger partial charge in [0, 0.05) is 6.42 Å². The molecule has 0 bridgehead atoms. The summed E-state index contributed by atoms with van der Waals surface area (Å²) in [7, 11) is 5.54. The van der Waals surface area contributed by atoms with Crippen molar-refractivity contribution in [3.8, 4) is 11.5 Å². The Hall–Kier alpha value is -2.60. The van der Waals surface area contributed by atoms with Crippen LogP contribution in [0.4, 0.5) is 4.39 Å². The molecule has 0 aliphatic heterocycles. The number of nitrogens with one attached hydrogen (secondary N) is 1. The summed E-state index contributed by atoms with van der Waals surface area (Å²) >= 11 is 0. The van der Waals surface area contributed by atoms with Gasteiger partial charge >= 0.3 is 0 Å². The molecule has 6 heteroatoms. The van der Waals surface area contributed by atoms with E-state index in [1.165, 1.54) is 17.5 Å². The lowest BCUT2D eigenvalue weighted by Crippen LogP contribution is -2.29. The number of benzene rings is 2. The maximum absolute atomic E-state index is 13.7. The van der Waals surface area contributed by atoms with Crippen LogP contribution >= 0.6 is 0 Å². The molecule has 184 valence electrons. The summed E-state index contributed by atoms with van der Waals surface area (Å²) in [5, 5.41) is 0. The number of hydrogen-bond acceptors (Lipinski definition) is 4. The molecule has 1 aliphatic carbocycles. The van der Waals surface area contributed by atoms with E-state index in [0.717, 1.165) is 67.1 Å². The molecule has 4 rings (SSSR count). The highest BCUT2D eigenvalue weighted by Crippen LogP contribution is 2.42. The normalized spacial score (nSPS) is 18.0. The summed E-state index contributed by atoms with van der Waals surface area (Å²) in [6, 6.07) is 9.20. The molecule has 34 heavy (non-hydrogen) atoms. The molecule has 2 atom stereocenters. The van der Waals surface area contributed by atoms with Gasteiger partial charge in [-0.25, -0.2) is 9.37 Å². The molecule has 1 aliphatic rings. The molecule has 1 unspecified atom stereocenters. The van der Waals surface area contributed by atoms with Crippen LogP contribution in [0.25, 0.3) is 11.0 Å². The fourth-order valence-electron chi connectivity index (χ4n) is 5.68. The smallest absolute Gasteiger partial charge is 0.146 e. The molecule has 0 radical (unpaired) electrons. The third-order valence-corrected chi connectivity index (χ3v) is 7.37. The van der Waals surface area contributed by atoms with E-state index in [9.17, 15) is 4.39 Å². The summed E-state index contributed by atoms with van der Waals surface area (Å²) in [5.41, 5.74) is 4.29. The van der Waals surface area contributed by atoms with Crippen molar-refractivity contribution in [3.63, 3.8) is 0 Å². The molecule has 3 aromatic rings. The number of aryl methyl sites for hydroxylation is 2. The Morgan fingerprint density at radius 3 is 2.62 bits per heavy atom. The van der Waals surface area contributed by atoms with Crippen molar-refractivity contribution in [2.24, 2.45) is 11.8 Å². The first-order chi connectivity index (χ1) is 16.4.